The van der Waals surface area contributed by atoms with Gasteiger partial charge in [-0.25, -0.2) is 8.42 Å². The second kappa shape index (κ2) is 8.31. The Balaban J connectivity index is 1.71. The number of thioether (sulfide) groups is 1. The Hall–Kier alpha value is -2.13. The van der Waals surface area contributed by atoms with E-state index >= 15 is 0 Å². The molecule has 1 amide bonds. The van der Waals surface area contributed by atoms with Crippen molar-refractivity contribution in [3.05, 3.63) is 77.2 Å². The molecule has 0 bridgehead atoms. The van der Waals surface area contributed by atoms with E-state index < -0.39 is 16.1 Å². The van der Waals surface area contributed by atoms with Crippen LogP contribution in [0.1, 0.15) is 11.1 Å². The highest BCUT2D eigenvalue weighted by molar-refractivity contribution is 7.98. The van der Waals surface area contributed by atoms with Gasteiger partial charge in [-0.3, -0.25) is 4.79 Å². The highest BCUT2D eigenvalue weighted by Crippen LogP contribution is 2.32. The number of sulfonamides is 1. The van der Waals surface area contributed by atoms with Crippen molar-refractivity contribution in [1.29, 1.82) is 0 Å². The highest BCUT2D eigenvalue weighted by Gasteiger charge is 2.40. The van der Waals surface area contributed by atoms with Gasteiger partial charge in [-0.15, -0.1) is 23.1 Å². The average Bonchev–Trinajstić information content (AvgIpc) is 3.29. The Morgan fingerprint density at radius 3 is 2.52 bits per heavy atom. The molecule has 0 aliphatic carbocycles. The lowest BCUT2D eigenvalue weighted by Crippen LogP contribution is -2.50. The fourth-order valence-corrected chi connectivity index (χ4v) is 6.70. The maximum Gasteiger partial charge on any atom is 0.253 e. The number of nitrogens with zero attached hydrogens (tertiary/aromatic N) is 1. The molecule has 0 saturated carbocycles. The molecule has 5 nitrogen and oxygen atoms in total. The summed E-state index contributed by atoms with van der Waals surface area (Å²) in [5.74, 6) is -0.318. The zero-order chi connectivity index (χ0) is 20.4. The largest absolute Gasteiger partial charge is 0.324 e. The Morgan fingerprint density at radius 2 is 1.79 bits per heavy atom. The van der Waals surface area contributed by atoms with Crippen molar-refractivity contribution in [3.63, 3.8) is 0 Å². The normalized spacial score (nSPS) is 16.9. The van der Waals surface area contributed by atoms with Crippen molar-refractivity contribution in [2.45, 2.75) is 28.1 Å². The molecule has 1 aliphatic rings. The van der Waals surface area contributed by atoms with Gasteiger partial charge in [0.25, 0.3) is 10.0 Å². The molecule has 29 heavy (non-hydrogen) atoms. The van der Waals surface area contributed by atoms with E-state index in [0.717, 1.165) is 27.4 Å². The fraction of sp³-hybridized carbons (Fsp3) is 0.190. The van der Waals surface area contributed by atoms with Gasteiger partial charge in [-0.05, 0) is 47.4 Å². The van der Waals surface area contributed by atoms with Gasteiger partial charge in [0.05, 0.1) is 5.69 Å². The lowest BCUT2D eigenvalue weighted by Gasteiger charge is -2.34. The maximum atomic E-state index is 13.3. The number of anilines is 1. The van der Waals surface area contributed by atoms with E-state index in [2.05, 4.69) is 5.32 Å². The van der Waals surface area contributed by atoms with Crippen molar-refractivity contribution >= 4 is 44.7 Å². The Kier molecular flexibility index (Phi) is 5.78. The molecule has 1 unspecified atom stereocenters. The number of carbonyl (C=O) groups excluding carboxylic acids is 1. The number of hydrogen-bond donors (Lipinski definition) is 1. The molecular weight excluding hydrogens is 424 g/mol. The van der Waals surface area contributed by atoms with Crippen LogP contribution in [0, 0.1) is 0 Å². The summed E-state index contributed by atoms with van der Waals surface area (Å²) in [5.41, 5.74) is 2.63. The predicted molar refractivity (Wildman–Crippen MR) is 118 cm³/mol. The number of thiophene rings is 1. The number of para-hydroxylation sites is 1. The van der Waals surface area contributed by atoms with Crippen molar-refractivity contribution < 1.29 is 13.2 Å². The summed E-state index contributed by atoms with van der Waals surface area (Å²) in [5, 5.41) is 4.68. The Labute approximate surface area is 178 Å². The second-order valence-corrected chi connectivity index (χ2v) is 10.6. The minimum absolute atomic E-state index is 0.179. The molecule has 1 atom stereocenters. The summed E-state index contributed by atoms with van der Waals surface area (Å²) in [7, 11) is -3.78. The van der Waals surface area contributed by atoms with Gasteiger partial charge in [0.1, 0.15) is 10.3 Å². The van der Waals surface area contributed by atoms with Crippen LogP contribution in [0.3, 0.4) is 0 Å². The molecule has 2 aromatic carbocycles. The lowest BCUT2D eigenvalue weighted by atomic mass is 9.95. The van der Waals surface area contributed by atoms with Crippen LogP contribution < -0.4 is 5.32 Å². The first kappa shape index (κ1) is 20.2. The van der Waals surface area contributed by atoms with E-state index in [1.165, 1.54) is 16.1 Å². The Morgan fingerprint density at radius 1 is 1.07 bits per heavy atom. The molecule has 4 rings (SSSR count). The van der Waals surface area contributed by atoms with E-state index in [4.69, 9.17) is 0 Å². The zero-order valence-electron chi connectivity index (χ0n) is 15.7. The topological polar surface area (TPSA) is 66.5 Å². The number of fused-ring (bicyclic) bond motifs is 1. The van der Waals surface area contributed by atoms with Crippen molar-refractivity contribution in [1.82, 2.24) is 4.31 Å². The van der Waals surface area contributed by atoms with Crippen LogP contribution >= 0.6 is 23.1 Å². The van der Waals surface area contributed by atoms with Crippen LogP contribution in [0.5, 0.6) is 0 Å². The summed E-state index contributed by atoms with van der Waals surface area (Å²) >= 11 is 2.70. The van der Waals surface area contributed by atoms with Crippen LogP contribution in [0.15, 0.2) is 75.1 Å². The van der Waals surface area contributed by atoms with Crippen LogP contribution in [-0.4, -0.2) is 30.9 Å². The van der Waals surface area contributed by atoms with Gasteiger partial charge >= 0.3 is 0 Å². The standard InChI is InChI=1S/C21H20N2O3S3/c1-27-19-10-5-4-9-17(19)22-21(24)18-13-15-7-2-3-8-16(15)14-23(18)29(25,26)20-11-6-12-28-20/h2-12,18H,13-14H2,1H3,(H,22,24). The van der Waals surface area contributed by atoms with Gasteiger partial charge in [0.2, 0.25) is 5.91 Å². The van der Waals surface area contributed by atoms with E-state index in [1.54, 1.807) is 17.5 Å². The molecule has 1 N–H and O–H groups in total. The van der Waals surface area contributed by atoms with Crippen LogP contribution in [0.2, 0.25) is 0 Å². The quantitative estimate of drug-likeness (QED) is 0.598. The monoisotopic (exact) mass is 444 g/mol. The Bertz CT molecular complexity index is 1130. The first-order valence-corrected chi connectivity index (χ1v) is 12.6. The van der Waals surface area contributed by atoms with Gasteiger partial charge < -0.3 is 5.32 Å². The number of hydrogen-bond acceptors (Lipinski definition) is 5. The first-order chi connectivity index (χ1) is 14.0. The van der Waals surface area contributed by atoms with E-state index in [-0.39, 0.29) is 16.7 Å². The molecule has 0 spiro atoms. The average molecular weight is 445 g/mol. The third-order valence-electron chi connectivity index (χ3n) is 4.93. The van der Waals surface area contributed by atoms with Gasteiger partial charge in [0.15, 0.2) is 0 Å². The predicted octanol–water partition coefficient (Wildman–Crippen LogP) is 4.22. The van der Waals surface area contributed by atoms with Gasteiger partial charge in [0, 0.05) is 11.4 Å². The van der Waals surface area contributed by atoms with Crippen molar-refractivity contribution in [2.75, 3.05) is 11.6 Å². The highest BCUT2D eigenvalue weighted by atomic mass is 32.2. The SMILES string of the molecule is CSc1ccccc1NC(=O)C1Cc2ccccc2CN1S(=O)(=O)c1cccs1. The molecule has 1 aliphatic heterocycles. The number of carbonyl (C=O) groups is 1. The van der Waals surface area contributed by atoms with E-state index in [9.17, 15) is 13.2 Å². The number of rotatable bonds is 5. The van der Waals surface area contributed by atoms with Gasteiger partial charge in [-0.1, -0.05) is 42.5 Å². The fourth-order valence-electron chi connectivity index (χ4n) is 3.46. The third-order valence-corrected chi connectivity index (χ3v) is 8.95. The summed E-state index contributed by atoms with van der Waals surface area (Å²) in [6, 6.07) is 17.7. The van der Waals surface area contributed by atoms with Crippen molar-refractivity contribution in [2.24, 2.45) is 0 Å². The molecule has 0 fully saturated rings. The molecule has 3 aromatic rings. The third kappa shape index (κ3) is 3.98. The molecule has 1 aromatic heterocycles. The van der Waals surface area contributed by atoms with Crippen LogP contribution in [0.4, 0.5) is 5.69 Å². The molecule has 8 heteroatoms. The summed E-state index contributed by atoms with van der Waals surface area (Å²) in [6.07, 6.45) is 2.28. The maximum absolute atomic E-state index is 13.3. The summed E-state index contributed by atoms with van der Waals surface area (Å²) in [6.45, 7) is 0.179. The molecule has 2 heterocycles. The summed E-state index contributed by atoms with van der Waals surface area (Å²) in [4.78, 5) is 14.2. The first-order valence-electron chi connectivity index (χ1n) is 9.06. The van der Waals surface area contributed by atoms with E-state index in [1.807, 2.05) is 54.8 Å². The lowest BCUT2D eigenvalue weighted by molar-refractivity contribution is -0.120. The summed E-state index contributed by atoms with van der Waals surface area (Å²) < 4.78 is 28.2. The molecule has 0 radical (unpaired) electrons. The number of amides is 1. The second-order valence-electron chi connectivity index (χ2n) is 6.66. The minimum Gasteiger partial charge on any atom is -0.324 e. The van der Waals surface area contributed by atoms with Crippen LogP contribution in [-0.2, 0) is 27.8 Å². The molecular formula is C21H20N2O3S3. The number of nitrogens with one attached hydrogen (secondary N) is 1. The number of benzene rings is 2. The zero-order valence-corrected chi connectivity index (χ0v) is 18.2. The smallest absolute Gasteiger partial charge is 0.253 e. The van der Waals surface area contributed by atoms with Gasteiger partial charge in [-0.2, -0.15) is 4.31 Å². The van der Waals surface area contributed by atoms with Crippen molar-refractivity contribution in [3.8, 4) is 0 Å². The van der Waals surface area contributed by atoms with E-state index in [0.29, 0.717) is 12.1 Å². The van der Waals surface area contributed by atoms with Crippen LogP contribution in [0.25, 0.3) is 0 Å². The molecule has 150 valence electrons. The molecule has 0 saturated heterocycles. The minimum atomic E-state index is -3.78.